The second-order valence-electron chi connectivity index (χ2n) is 5.99. The zero-order valence-electron chi connectivity index (χ0n) is 13.2. The summed E-state index contributed by atoms with van der Waals surface area (Å²) in [6, 6.07) is 14.1. The molecule has 110 valence electrons. The molecule has 0 saturated carbocycles. The average molecular weight is 281 g/mol. The van der Waals surface area contributed by atoms with Crippen molar-refractivity contribution in [3.8, 4) is 0 Å². The Hall–Kier alpha value is -2.09. The summed E-state index contributed by atoms with van der Waals surface area (Å²) in [6.45, 7) is 8.83. The van der Waals surface area contributed by atoms with Crippen LogP contribution in [0.15, 0.2) is 42.5 Å². The third-order valence-electron chi connectivity index (χ3n) is 3.69. The van der Waals surface area contributed by atoms with Gasteiger partial charge in [-0.3, -0.25) is 4.79 Å². The Labute approximate surface area is 127 Å². The molecule has 2 aromatic rings. The van der Waals surface area contributed by atoms with Gasteiger partial charge >= 0.3 is 0 Å². The summed E-state index contributed by atoms with van der Waals surface area (Å²) in [6.07, 6.45) is 0.866. The van der Waals surface area contributed by atoms with Crippen LogP contribution in [-0.4, -0.2) is 6.29 Å². The molecule has 0 radical (unpaired) electrons. The predicted molar refractivity (Wildman–Crippen MR) is 89.7 cm³/mol. The molecule has 0 bridgehead atoms. The maximum absolute atomic E-state index is 10.7. The van der Waals surface area contributed by atoms with Crippen LogP contribution in [0.2, 0.25) is 0 Å². The van der Waals surface area contributed by atoms with Crippen molar-refractivity contribution in [2.24, 2.45) is 0 Å². The van der Waals surface area contributed by atoms with Gasteiger partial charge in [-0.25, -0.2) is 0 Å². The third-order valence-corrected chi connectivity index (χ3v) is 3.69. The quantitative estimate of drug-likeness (QED) is 0.734. The Morgan fingerprint density at radius 3 is 1.81 bits per heavy atom. The Balaban J connectivity index is 2.42. The van der Waals surface area contributed by atoms with Gasteiger partial charge in [0, 0.05) is 16.9 Å². The van der Waals surface area contributed by atoms with E-state index in [2.05, 4.69) is 51.2 Å². The molecule has 0 saturated heterocycles. The van der Waals surface area contributed by atoms with Crippen LogP contribution in [0.3, 0.4) is 0 Å². The summed E-state index contributed by atoms with van der Waals surface area (Å²) in [5.41, 5.74) is 5.54. The number of hydrogen-bond donors (Lipinski definition) is 1. The van der Waals surface area contributed by atoms with Crippen LogP contribution >= 0.6 is 0 Å². The van der Waals surface area contributed by atoms with E-state index >= 15 is 0 Å². The number of benzene rings is 2. The first-order valence-corrected chi connectivity index (χ1v) is 7.48. The van der Waals surface area contributed by atoms with Gasteiger partial charge in [-0.2, -0.15) is 0 Å². The largest absolute Gasteiger partial charge is 0.355 e. The molecule has 2 nitrogen and oxygen atoms in total. The van der Waals surface area contributed by atoms with E-state index in [-0.39, 0.29) is 0 Å². The number of para-hydroxylation sites is 1. The molecule has 0 fully saturated rings. The molecule has 0 aliphatic heterocycles. The SMILES string of the molecule is CC(C)c1cccc(C(C)C)c1Nc1ccc(C=O)cc1. The first-order valence-electron chi connectivity index (χ1n) is 7.48. The summed E-state index contributed by atoms with van der Waals surface area (Å²) in [7, 11) is 0. The van der Waals surface area contributed by atoms with Crippen molar-refractivity contribution in [2.75, 3.05) is 5.32 Å². The van der Waals surface area contributed by atoms with E-state index in [0.29, 0.717) is 17.4 Å². The van der Waals surface area contributed by atoms with Gasteiger partial charge in [0.25, 0.3) is 0 Å². The summed E-state index contributed by atoms with van der Waals surface area (Å²) in [5, 5.41) is 3.54. The van der Waals surface area contributed by atoms with Gasteiger partial charge in [-0.1, -0.05) is 45.9 Å². The molecule has 0 aromatic heterocycles. The number of nitrogens with one attached hydrogen (secondary N) is 1. The number of aldehydes is 1. The third kappa shape index (κ3) is 3.52. The lowest BCUT2D eigenvalue weighted by atomic mass is 9.92. The van der Waals surface area contributed by atoms with Gasteiger partial charge in [0.1, 0.15) is 6.29 Å². The number of carbonyl (C=O) groups excluding carboxylic acids is 1. The van der Waals surface area contributed by atoms with Crippen molar-refractivity contribution in [3.05, 3.63) is 59.2 Å². The molecule has 0 aliphatic rings. The van der Waals surface area contributed by atoms with Crippen LogP contribution in [0.1, 0.15) is 61.0 Å². The van der Waals surface area contributed by atoms with Crippen molar-refractivity contribution >= 4 is 17.7 Å². The first kappa shape index (κ1) is 15.3. The summed E-state index contributed by atoms with van der Waals surface area (Å²) >= 11 is 0. The van der Waals surface area contributed by atoms with Crippen LogP contribution in [0.4, 0.5) is 11.4 Å². The van der Waals surface area contributed by atoms with Gasteiger partial charge in [0.2, 0.25) is 0 Å². The second-order valence-corrected chi connectivity index (χ2v) is 5.99. The molecule has 0 unspecified atom stereocenters. The zero-order chi connectivity index (χ0) is 15.4. The average Bonchev–Trinajstić information content (AvgIpc) is 2.47. The number of rotatable bonds is 5. The van der Waals surface area contributed by atoms with Crippen molar-refractivity contribution in [2.45, 2.75) is 39.5 Å². The highest BCUT2D eigenvalue weighted by Gasteiger charge is 2.13. The maximum atomic E-state index is 10.7. The molecule has 2 aromatic carbocycles. The van der Waals surface area contributed by atoms with Crippen molar-refractivity contribution in [1.82, 2.24) is 0 Å². The van der Waals surface area contributed by atoms with Gasteiger partial charge in [-0.15, -0.1) is 0 Å². The Morgan fingerprint density at radius 2 is 1.38 bits per heavy atom. The lowest BCUT2D eigenvalue weighted by Gasteiger charge is -2.21. The fraction of sp³-hybridized carbons (Fsp3) is 0.316. The van der Waals surface area contributed by atoms with Crippen LogP contribution in [0.25, 0.3) is 0 Å². The highest BCUT2D eigenvalue weighted by molar-refractivity contribution is 5.77. The highest BCUT2D eigenvalue weighted by atomic mass is 16.1. The second kappa shape index (κ2) is 6.57. The van der Waals surface area contributed by atoms with Gasteiger partial charge in [0.05, 0.1) is 0 Å². The van der Waals surface area contributed by atoms with E-state index in [0.717, 1.165) is 12.0 Å². The minimum Gasteiger partial charge on any atom is -0.355 e. The van der Waals surface area contributed by atoms with Crippen LogP contribution in [-0.2, 0) is 0 Å². The van der Waals surface area contributed by atoms with Gasteiger partial charge < -0.3 is 5.32 Å². The molecule has 0 atom stereocenters. The fourth-order valence-electron chi connectivity index (χ4n) is 2.48. The van der Waals surface area contributed by atoms with Gasteiger partial charge in [-0.05, 0) is 47.2 Å². The van der Waals surface area contributed by atoms with Crippen LogP contribution < -0.4 is 5.32 Å². The van der Waals surface area contributed by atoms with Crippen molar-refractivity contribution < 1.29 is 4.79 Å². The molecule has 2 heteroatoms. The van der Waals surface area contributed by atoms with E-state index in [1.54, 1.807) is 0 Å². The molecular formula is C19H23NO. The van der Waals surface area contributed by atoms with Gasteiger partial charge in [0.15, 0.2) is 0 Å². The molecule has 2 rings (SSSR count). The smallest absolute Gasteiger partial charge is 0.150 e. The minimum atomic E-state index is 0.459. The minimum absolute atomic E-state index is 0.459. The van der Waals surface area contributed by atoms with Crippen LogP contribution in [0.5, 0.6) is 0 Å². The summed E-state index contributed by atoms with van der Waals surface area (Å²) < 4.78 is 0. The van der Waals surface area contributed by atoms with E-state index in [1.165, 1.54) is 16.8 Å². The monoisotopic (exact) mass is 281 g/mol. The van der Waals surface area contributed by atoms with Crippen molar-refractivity contribution in [1.29, 1.82) is 0 Å². The molecule has 21 heavy (non-hydrogen) atoms. The Bertz CT molecular complexity index is 586. The maximum Gasteiger partial charge on any atom is 0.150 e. The molecule has 0 aliphatic carbocycles. The van der Waals surface area contributed by atoms with Crippen LogP contribution in [0, 0.1) is 0 Å². The standard InChI is InChI=1S/C19H23NO/c1-13(2)17-6-5-7-18(14(3)4)19(17)20-16-10-8-15(12-21)9-11-16/h5-14,20H,1-4H3. The lowest BCUT2D eigenvalue weighted by Crippen LogP contribution is -2.03. The molecule has 0 spiro atoms. The first-order chi connectivity index (χ1) is 10.0. The molecule has 0 amide bonds. The Morgan fingerprint density at radius 1 is 0.857 bits per heavy atom. The highest BCUT2D eigenvalue weighted by Crippen LogP contribution is 2.34. The van der Waals surface area contributed by atoms with E-state index in [1.807, 2.05) is 24.3 Å². The topological polar surface area (TPSA) is 29.1 Å². The number of carbonyl (C=O) groups is 1. The Kier molecular flexibility index (Phi) is 4.79. The van der Waals surface area contributed by atoms with Crippen molar-refractivity contribution in [3.63, 3.8) is 0 Å². The molecule has 1 N–H and O–H groups in total. The molecular weight excluding hydrogens is 258 g/mol. The summed E-state index contributed by atoms with van der Waals surface area (Å²) in [4.78, 5) is 10.7. The normalized spacial score (nSPS) is 11.0. The van der Waals surface area contributed by atoms with E-state index in [4.69, 9.17) is 0 Å². The number of hydrogen-bond acceptors (Lipinski definition) is 2. The predicted octanol–water partition coefficient (Wildman–Crippen LogP) is 5.49. The molecule has 0 heterocycles. The van der Waals surface area contributed by atoms with E-state index < -0.39 is 0 Å². The number of anilines is 2. The van der Waals surface area contributed by atoms with E-state index in [9.17, 15) is 4.79 Å². The lowest BCUT2D eigenvalue weighted by molar-refractivity contribution is 0.112. The fourth-order valence-corrected chi connectivity index (χ4v) is 2.48. The summed E-state index contributed by atoms with van der Waals surface area (Å²) in [5.74, 6) is 0.917. The zero-order valence-corrected chi connectivity index (χ0v) is 13.2.